The van der Waals surface area contributed by atoms with Gasteiger partial charge in [-0.3, -0.25) is 0 Å². The fourth-order valence-corrected chi connectivity index (χ4v) is 0.862. The Hall–Kier alpha value is -2.06. The number of benzene rings is 1. The standard InChI is InChI=1S/C10H6N2/c11-7-6-10(8-12)9-4-2-1-3-5-9/h1-6H/b10-6-. The van der Waals surface area contributed by atoms with Crippen molar-refractivity contribution in [3.8, 4) is 12.1 Å². The van der Waals surface area contributed by atoms with Crippen molar-refractivity contribution in [3.05, 3.63) is 42.0 Å². The van der Waals surface area contributed by atoms with Gasteiger partial charge in [-0.25, -0.2) is 0 Å². The maximum Gasteiger partial charge on any atom is 0.101 e. The molecule has 0 radical (unpaired) electrons. The van der Waals surface area contributed by atoms with E-state index in [2.05, 4.69) is 0 Å². The number of nitriles is 2. The summed E-state index contributed by atoms with van der Waals surface area (Å²) in [4.78, 5) is 0. The van der Waals surface area contributed by atoms with Crippen molar-refractivity contribution in [2.24, 2.45) is 0 Å². The highest BCUT2D eigenvalue weighted by molar-refractivity contribution is 5.78. The van der Waals surface area contributed by atoms with E-state index in [0.717, 1.165) is 5.56 Å². The summed E-state index contributed by atoms with van der Waals surface area (Å²) in [7, 11) is 0. The topological polar surface area (TPSA) is 47.6 Å². The molecule has 0 atom stereocenters. The first-order valence-electron chi connectivity index (χ1n) is 3.44. The summed E-state index contributed by atoms with van der Waals surface area (Å²) in [5, 5.41) is 17.0. The van der Waals surface area contributed by atoms with Crippen molar-refractivity contribution in [1.82, 2.24) is 0 Å². The van der Waals surface area contributed by atoms with E-state index in [1.807, 2.05) is 30.3 Å². The third kappa shape index (κ3) is 1.71. The Morgan fingerprint density at radius 2 is 1.83 bits per heavy atom. The number of allylic oxidation sites excluding steroid dienone is 2. The van der Waals surface area contributed by atoms with Crippen LogP contribution < -0.4 is 0 Å². The minimum atomic E-state index is 0.401. The second-order valence-corrected chi connectivity index (χ2v) is 2.16. The van der Waals surface area contributed by atoms with Gasteiger partial charge in [0.1, 0.15) is 6.07 Å². The SMILES string of the molecule is N#C/C=C(/C#N)c1ccccc1. The highest BCUT2D eigenvalue weighted by Crippen LogP contribution is 2.11. The van der Waals surface area contributed by atoms with Gasteiger partial charge < -0.3 is 0 Å². The molecule has 0 amide bonds. The van der Waals surface area contributed by atoms with Crippen LogP contribution in [0.25, 0.3) is 5.57 Å². The van der Waals surface area contributed by atoms with Gasteiger partial charge >= 0.3 is 0 Å². The van der Waals surface area contributed by atoms with Gasteiger partial charge in [0, 0.05) is 6.08 Å². The predicted molar refractivity (Wildman–Crippen MR) is 45.6 cm³/mol. The lowest BCUT2D eigenvalue weighted by Crippen LogP contribution is -1.78. The van der Waals surface area contributed by atoms with Gasteiger partial charge in [0.05, 0.1) is 11.6 Å². The smallest absolute Gasteiger partial charge is 0.101 e. The average Bonchev–Trinajstić information content (AvgIpc) is 2.15. The monoisotopic (exact) mass is 154 g/mol. The van der Waals surface area contributed by atoms with Gasteiger partial charge in [0.15, 0.2) is 0 Å². The molecule has 1 rings (SSSR count). The summed E-state index contributed by atoms with van der Waals surface area (Å²) >= 11 is 0. The minimum Gasteiger partial charge on any atom is -0.193 e. The summed E-state index contributed by atoms with van der Waals surface area (Å²) in [5.74, 6) is 0. The molecule has 2 nitrogen and oxygen atoms in total. The first-order chi connectivity index (χ1) is 5.88. The second kappa shape index (κ2) is 3.95. The fraction of sp³-hybridized carbons (Fsp3) is 0. The van der Waals surface area contributed by atoms with Crippen LogP contribution in [0, 0.1) is 22.7 Å². The van der Waals surface area contributed by atoms with Crippen LogP contribution in [0.2, 0.25) is 0 Å². The van der Waals surface area contributed by atoms with E-state index in [1.165, 1.54) is 6.08 Å². The molecule has 0 saturated carbocycles. The average molecular weight is 154 g/mol. The molecule has 0 aromatic heterocycles. The summed E-state index contributed by atoms with van der Waals surface area (Å²) in [6.45, 7) is 0. The van der Waals surface area contributed by atoms with Crippen LogP contribution in [0.4, 0.5) is 0 Å². The summed E-state index contributed by atoms with van der Waals surface area (Å²) in [6, 6.07) is 12.9. The molecule has 1 aromatic rings. The van der Waals surface area contributed by atoms with Crippen molar-refractivity contribution in [2.45, 2.75) is 0 Å². The predicted octanol–water partition coefficient (Wildman–Crippen LogP) is 2.12. The van der Waals surface area contributed by atoms with Crippen LogP contribution in [-0.2, 0) is 0 Å². The Labute approximate surface area is 71.0 Å². The summed E-state index contributed by atoms with van der Waals surface area (Å²) < 4.78 is 0. The Bertz CT molecular complexity index is 363. The van der Waals surface area contributed by atoms with E-state index < -0.39 is 0 Å². The van der Waals surface area contributed by atoms with E-state index >= 15 is 0 Å². The quantitative estimate of drug-likeness (QED) is 0.581. The lowest BCUT2D eigenvalue weighted by Gasteiger charge is -1.93. The molecule has 1 aromatic carbocycles. The Balaban J connectivity index is 3.09. The summed E-state index contributed by atoms with van der Waals surface area (Å²) in [6.07, 6.45) is 1.25. The molecule has 0 N–H and O–H groups in total. The molecule has 0 aliphatic rings. The van der Waals surface area contributed by atoms with E-state index in [1.54, 1.807) is 12.1 Å². The van der Waals surface area contributed by atoms with Crippen LogP contribution in [-0.4, -0.2) is 0 Å². The normalized spacial score (nSPS) is 10.0. The lowest BCUT2D eigenvalue weighted by atomic mass is 10.1. The van der Waals surface area contributed by atoms with E-state index in [0.29, 0.717) is 5.57 Å². The molecule has 0 saturated heterocycles. The van der Waals surface area contributed by atoms with Gasteiger partial charge in [-0.05, 0) is 5.56 Å². The molecule has 2 heteroatoms. The zero-order valence-corrected chi connectivity index (χ0v) is 6.36. The highest BCUT2D eigenvalue weighted by Gasteiger charge is 1.96. The number of rotatable bonds is 1. The van der Waals surface area contributed by atoms with Gasteiger partial charge in [0.2, 0.25) is 0 Å². The lowest BCUT2D eigenvalue weighted by molar-refractivity contribution is 1.51. The molecule has 0 aliphatic heterocycles. The first-order valence-corrected chi connectivity index (χ1v) is 3.44. The second-order valence-electron chi connectivity index (χ2n) is 2.16. The Morgan fingerprint density at radius 3 is 2.33 bits per heavy atom. The van der Waals surface area contributed by atoms with Crippen molar-refractivity contribution >= 4 is 5.57 Å². The molecule has 0 bridgehead atoms. The first kappa shape index (κ1) is 8.04. The zero-order valence-electron chi connectivity index (χ0n) is 6.36. The highest BCUT2D eigenvalue weighted by atomic mass is 14.3. The van der Waals surface area contributed by atoms with Gasteiger partial charge in [-0.2, -0.15) is 10.5 Å². The van der Waals surface area contributed by atoms with E-state index in [9.17, 15) is 0 Å². The molecular formula is C10H6N2. The van der Waals surface area contributed by atoms with Crippen LogP contribution in [0.5, 0.6) is 0 Å². The van der Waals surface area contributed by atoms with Gasteiger partial charge in [0.25, 0.3) is 0 Å². The molecular weight excluding hydrogens is 148 g/mol. The molecule has 0 unspecified atom stereocenters. The van der Waals surface area contributed by atoms with Crippen molar-refractivity contribution < 1.29 is 0 Å². The molecule has 12 heavy (non-hydrogen) atoms. The minimum absolute atomic E-state index is 0.401. The molecule has 0 fully saturated rings. The maximum atomic E-state index is 8.64. The van der Waals surface area contributed by atoms with Crippen LogP contribution in [0.1, 0.15) is 5.56 Å². The molecule has 0 spiro atoms. The van der Waals surface area contributed by atoms with Gasteiger partial charge in [-0.15, -0.1) is 0 Å². The number of hydrogen-bond acceptors (Lipinski definition) is 2. The Kier molecular flexibility index (Phi) is 2.65. The van der Waals surface area contributed by atoms with Gasteiger partial charge in [-0.1, -0.05) is 30.3 Å². The Morgan fingerprint density at radius 1 is 1.17 bits per heavy atom. The fourth-order valence-electron chi connectivity index (χ4n) is 0.862. The summed E-state index contributed by atoms with van der Waals surface area (Å²) in [5.41, 5.74) is 1.18. The third-order valence-electron chi connectivity index (χ3n) is 1.41. The molecule has 56 valence electrons. The van der Waals surface area contributed by atoms with Crippen LogP contribution in [0.15, 0.2) is 36.4 Å². The van der Waals surface area contributed by atoms with E-state index in [4.69, 9.17) is 10.5 Å². The van der Waals surface area contributed by atoms with Crippen molar-refractivity contribution in [3.63, 3.8) is 0 Å². The number of nitrogens with zero attached hydrogens (tertiary/aromatic N) is 2. The third-order valence-corrected chi connectivity index (χ3v) is 1.41. The largest absolute Gasteiger partial charge is 0.193 e. The van der Waals surface area contributed by atoms with Crippen LogP contribution in [0.3, 0.4) is 0 Å². The maximum absolute atomic E-state index is 8.64. The van der Waals surface area contributed by atoms with Crippen molar-refractivity contribution in [2.75, 3.05) is 0 Å². The molecule has 0 heterocycles. The van der Waals surface area contributed by atoms with Crippen molar-refractivity contribution in [1.29, 1.82) is 10.5 Å². The number of hydrogen-bond donors (Lipinski definition) is 0. The van der Waals surface area contributed by atoms with Crippen LogP contribution >= 0.6 is 0 Å². The zero-order chi connectivity index (χ0) is 8.81. The van der Waals surface area contributed by atoms with E-state index in [-0.39, 0.29) is 0 Å². The molecule has 0 aliphatic carbocycles.